The monoisotopic (exact) mass is 257 g/mol. The minimum Gasteiger partial charge on any atom is -0.350 e. The van der Waals surface area contributed by atoms with Gasteiger partial charge in [-0.3, -0.25) is 9.48 Å². The van der Waals surface area contributed by atoms with Crippen LogP contribution in [0, 0.1) is 0 Å². The quantitative estimate of drug-likeness (QED) is 0.894. The van der Waals surface area contributed by atoms with Crippen LogP contribution >= 0.6 is 0 Å². The summed E-state index contributed by atoms with van der Waals surface area (Å²) in [5.41, 5.74) is 1.77. The highest BCUT2D eigenvalue weighted by molar-refractivity contribution is 5.93. The van der Waals surface area contributed by atoms with Crippen molar-refractivity contribution in [1.82, 2.24) is 15.1 Å². The average Bonchev–Trinajstić information content (AvgIpc) is 2.88. The Kier molecular flexibility index (Phi) is 4.34. The highest BCUT2D eigenvalue weighted by Gasteiger charge is 2.10. The summed E-state index contributed by atoms with van der Waals surface area (Å²) in [4.78, 5) is 11.9. The van der Waals surface area contributed by atoms with E-state index < -0.39 is 0 Å². The van der Waals surface area contributed by atoms with Crippen LogP contribution in [0.5, 0.6) is 0 Å². The van der Waals surface area contributed by atoms with E-state index in [1.165, 1.54) is 5.56 Å². The van der Waals surface area contributed by atoms with Crippen molar-refractivity contribution in [3.63, 3.8) is 0 Å². The zero-order chi connectivity index (χ0) is 13.7. The van der Waals surface area contributed by atoms with Crippen LogP contribution in [0.25, 0.3) is 0 Å². The largest absolute Gasteiger partial charge is 0.350 e. The standard InChI is InChI=1S/C15H19N3O/c1-3-12(2)17-15(19)14-9-16-18(11-14)10-13-7-5-4-6-8-13/h4-9,11-12H,3,10H2,1-2H3,(H,17,19)/t12-/m0/s1. The first-order valence-electron chi connectivity index (χ1n) is 6.56. The molecule has 4 heteroatoms. The first kappa shape index (κ1) is 13.3. The lowest BCUT2D eigenvalue weighted by Crippen LogP contribution is -2.31. The number of hydrogen-bond donors (Lipinski definition) is 1. The summed E-state index contributed by atoms with van der Waals surface area (Å²) in [6, 6.07) is 10.2. The van der Waals surface area contributed by atoms with Gasteiger partial charge in [-0.25, -0.2) is 0 Å². The van der Waals surface area contributed by atoms with Crippen LogP contribution in [0.15, 0.2) is 42.7 Å². The molecule has 1 amide bonds. The van der Waals surface area contributed by atoms with E-state index in [1.807, 2.05) is 44.2 Å². The lowest BCUT2D eigenvalue weighted by atomic mass is 10.2. The van der Waals surface area contributed by atoms with E-state index in [0.29, 0.717) is 12.1 Å². The summed E-state index contributed by atoms with van der Waals surface area (Å²) < 4.78 is 1.78. The number of benzene rings is 1. The lowest BCUT2D eigenvalue weighted by molar-refractivity contribution is 0.0939. The van der Waals surface area contributed by atoms with Crippen molar-refractivity contribution in [1.29, 1.82) is 0 Å². The van der Waals surface area contributed by atoms with Gasteiger partial charge in [-0.05, 0) is 18.9 Å². The highest BCUT2D eigenvalue weighted by atomic mass is 16.1. The number of nitrogens with zero attached hydrogens (tertiary/aromatic N) is 2. The van der Waals surface area contributed by atoms with Crippen molar-refractivity contribution < 1.29 is 4.79 Å². The van der Waals surface area contributed by atoms with E-state index >= 15 is 0 Å². The zero-order valence-electron chi connectivity index (χ0n) is 11.3. The maximum absolute atomic E-state index is 11.9. The zero-order valence-corrected chi connectivity index (χ0v) is 11.3. The van der Waals surface area contributed by atoms with Gasteiger partial charge in [0.1, 0.15) is 0 Å². The molecule has 0 aliphatic rings. The fourth-order valence-corrected chi connectivity index (χ4v) is 1.75. The maximum Gasteiger partial charge on any atom is 0.254 e. The van der Waals surface area contributed by atoms with Crippen LogP contribution in [0.1, 0.15) is 36.2 Å². The number of hydrogen-bond acceptors (Lipinski definition) is 2. The third kappa shape index (κ3) is 3.68. The minimum absolute atomic E-state index is 0.0614. The highest BCUT2D eigenvalue weighted by Crippen LogP contribution is 2.04. The smallest absolute Gasteiger partial charge is 0.254 e. The van der Waals surface area contributed by atoms with Gasteiger partial charge < -0.3 is 5.32 Å². The molecule has 2 rings (SSSR count). The molecule has 19 heavy (non-hydrogen) atoms. The van der Waals surface area contributed by atoms with E-state index in [2.05, 4.69) is 10.4 Å². The van der Waals surface area contributed by atoms with Crippen LogP contribution in [-0.2, 0) is 6.54 Å². The van der Waals surface area contributed by atoms with Gasteiger partial charge in [-0.2, -0.15) is 5.10 Å². The predicted octanol–water partition coefficient (Wildman–Crippen LogP) is 2.46. The Morgan fingerprint density at radius 1 is 1.37 bits per heavy atom. The summed E-state index contributed by atoms with van der Waals surface area (Å²) in [5, 5.41) is 7.15. The molecular weight excluding hydrogens is 238 g/mol. The molecule has 0 aliphatic carbocycles. The Balaban J connectivity index is 2.01. The summed E-state index contributed by atoms with van der Waals surface area (Å²) in [6.07, 6.45) is 4.31. The summed E-state index contributed by atoms with van der Waals surface area (Å²) in [5.74, 6) is -0.0614. The van der Waals surface area contributed by atoms with Crippen LogP contribution in [0.4, 0.5) is 0 Å². The first-order chi connectivity index (χ1) is 9.19. The number of nitrogens with one attached hydrogen (secondary N) is 1. The molecule has 1 N–H and O–H groups in total. The van der Waals surface area contributed by atoms with Crippen molar-refractivity contribution in [3.8, 4) is 0 Å². The van der Waals surface area contributed by atoms with E-state index in [4.69, 9.17) is 0 Å². The molecule has 1 aromatic heterocycles. The Hall–Kier alpha value is -2.10. The molecule has 0 saturated heterocycles. The Labute approximate surface area is 113 Å². The van der Waals surface area contributed by atoms with Gasteiger partial charge in [0.25, 0.3) is 5.91 Å². The van der Waals surface area contributed by atoms with Crippen LogP contribution in [-0.4, -0.2) is 21.7 Å². The van der Waals surface area contributed by atoms with Gasteiger partial charge in [0.05, 0.1) is 18.3 Å². The van der Waals surface area contributed by atoms with Crippen molar-refractivity contribution in [2.24, 2.45) is 0 Å². The van der Waals surface area contributed by atoms with Crippen LogP contribution < -0.4 is 5.32 Å². The summed E-state index contributed by atoms with van der Waals surface area (Å²) in [6.45, 7) is 4.72. The predicted molar refractivity (Wildman–Crippen MR) is 75.0 cm³/mol. The molecule has 2 aromatic rings. The second-order valence-electron chi connectivity index (χ2n) is 4.69. The molecule has 0 spiro atoms. The van der Waals surface area contributed by atoms with Gasteiger partial charge in [0.15, 0.2) is 0 Å². The van der Waals surface area contributed by atoms with Crippen molar-refractivity contribution >= 4 is 5.91 Å². The van der Waals surface area contributed by atoms with E-state index in [0.717, 1.165) is 6.42 Å². The third-order valence-electron chi connectivity index (χ3n) is 3.07. The van der Waals surface area contributed by atoms with E-state index in [1.54, 1.807) is 17.1 Å². The molecule has 100 valence electrons. The maximum atomic E-state index is 11.9. The van der Waals surface area contributed by atoms with E-state index in [-0.39, 0.29) is 11.9 Å². The Bertz CT molecular complexity index is 533. The molecular formula is C15H19N3O. The van der Waals surface area contributed by atoms with Crippen LogP contribution in [0.3, 0.4) is 0 Å². The second kappa shape index (κ2) is 6.18. The number of carbonyl (C=O) groups excluding carboxylic acids is 1. The van der Waals surface area contributed by atoms with Gasteiger partial charge in [-0.1, -0.05) is 37.3 Å². The molecule has 0 bridgehead atoms. The number of amides is 1. The average molecular weight is 257 g/mol. The van der Waals surface area contributed by atoms with Gasteiger partial charge >= 0.3 is 0 Å². The second-order valence-corrected chi connectivity index (χ2v) is 4.69. The topological polar surface area (TPSA) is 46.9 Å². The molecule has 0 fully saturated rings. The summed E-state index contributed by atoms with van der Waals surface area (Å²) in [7, 11) is 0. The molecule has 1 atom stereocenters. The number of rotatable bonds is 5. The van der Waals surface area contributed by atoms with Crippen molar-refractivity contribution in [2.45, 2.75) is 32.9 Å². The van der Waals surface area contributed by atoms with Crippen molar-refractivity contribution in [3.05, 3.63) is 53.9 Å². The molecule has 1 heterocycles. The minimum atomic E-state index is -0.0614. The fourth-order valence-electron chi connectivity index (χ4n) is 1.75. The van der Waals surface area contributed by atoms with Crippen molar-refractivity contribution in [2.75, 3.05) is 0 Å². The molecule has 0 saturated carbocycles. The molecule has 4 nitrogen and oxygen atoms in total. The summed E-state index contributed by atoms with van der Waals surface area (Å²) >= 11 is 0. The lowest BCUT2D eigenvalue weighted by Gasteiger charge is -2.09. The third-order valence-corrected chi connectivity index (χ3v) is 3.07. The number of aromatic nitrogens is 2. The first-order valence-corrected chi connectivity index (χ1v) is 6.56. The number of carbonyl (C=O) groups is 1. The van der Waals surface area contributed by atoms with E-state index in [9.17, 15) is 4.79 Å². The molecule has 1 aromatic carbocycles. The van der Waals surface area contributed by atoms with Gasteiger partial charge in [-0.15, -0.1) is 0 Å². The molecule has 0 unspecified atom stereocenters. The Morgan fingerprint density at radius 3 is 2.79 bits per heavy atom. The molecule has 0 aliphatic heterocycles. The molecule has 0 radical (unpaired) electrons. The van der Waals surface area contributed by atoms with Gasteiger partial charge in [0, 0.05) is 12.2 Å². The van der Waals surface area contributed by atoms with Gasteiger partial charge in [0.2, 0.25) is 0 Å². The fraction of sp³-hybridized carbons (Fsp3) is 0.333. The SMILES string of the molecule is CC[C@H](C)NC(=O)c1cnn(Cc2ccccc2)c1. The normalized spacial score (nSPS) is 12.1. The Morgan fingerprint density at radius 2 is 2.11 bits per heavy atom. The van der Waals surface area contributed by atoms with Crippen LogP contribution in [0.2, 0.25) is 0 Å².